The minimum absolute atomic E-state index is 0.295. The van der Waals surface area contributed by atoms with E-state index in [-0.39, 0.29) is 0 Å². The summed E-state index contributed by atoms with van der Waals surface area (Å²) < 4.78 is 0. The van der Waals surface area contributed by atoms with Gasteiger partial charge in [0.2, 0.25) is 0 Å². The van der Waals surface area contributed by atoms with E-state index in [1.54, 1.807) is 0 Å². The Hall–Kier alpha value is -0.980. The van der Waals surface area contributed by atoms with Crippen LogP contribution < -0.4 is 5.32 Å². The molecule has 1 N–H and O–H groups in total. The van der Waals surface area contributed by atoms with E-state index in [0.717, 1.165) is 0 Å². The van der Waals surface area contributed by atoms with E-state index in [4.69, 9.17) is 0 Å². The largest absolute Gasteiger partial charge is 0.379 e. The van der Waals surface area contributed by atoms with Crippen molar-refractivity contribution in [1.82, 2.24) is 0 Å². The number of hydrogen-bond acceptors (Lipinski definition) is 1. The summed E-state index contributed by atoms with van der Waals surface area (Å²) in [5.41, 5.74) is 3.08. The quantitative estimate of drug-likeness (QED) is 0.667. The van der Waals surface area contributed by atoms with Crippen molar-refractivity contribution in [2.75, 3.05) is 5.32 Å². The van der Waals surface area contributed by atoms with E-state index in [1.165, 1.54) is 24.1 Å². The van der Waals surface area contributed by atoms with Crippen LogP contribution in [0.5, 0.6) is 0 Å². The SMILES string of the molecule is CCC1(C)Cc2ccccc2N1. The maximum atomic E-state index is 3.56. The van der Waals surface area contributed by atoms with E-state index in [2.05, 4.69) is 43.4 Å². The zero-order chi connectivity index (χ0) is 8.60. The van der Waals surface area contributed by atoms with Crippen molar-refractivity contribution in [3.63, 3.8) is 0 Å². The normalized spacial score (nSPS) is 26.5. The summed E-state index contributed by atoms with van der Waals surface area (Å²) in [7, 11) is 0. The lowest BCUT2D eigenvalue weighted by Gasteiger charge is -2.22. The van der Waals surface area contributed by atoms with E-state index < -0.39 is 0 Å². The molecule has 0 saturated heterocycles. The van der Waals surface area contributed by atoms with Crippen molar-refractivity contribution >= 4 is 5.69 Å². The molecule has 1 aromatic rings. The fourth-order valence-electron chi connectivity index (χ4n) is 1.80. The fourth-order valence-corrected chi connectivity index (χ4v) is 1.80. The van der Waals surface area contributed by atoms with E-state index >= 15 is 0 Å². The highest BCUT2D eigenvalue weighted by Crippen LogP contribution is 2.33. The summed E-state index contributed by atoms with van der Waals surface area (Å²) in [6.45, 7) is 4.52. The zero-order valence-corrected chi connectivity index (χ0v) is 7.72. The number of hydrogen-bond donors (Lipinski definition) is 1. The molecule has 1 aliphatic heterocycles. The lowest BCUT2D eigenvalue weighted by atomic mass is 9.95. The minimum Gasteiger partial charge on any atom is -0.379 e. The standard InChI is InChI=1S/C11H15N/c1-3-11(2)8-9-6-4-5-7-10(9)12-11/h4-7,12H,3,8H2,1-2H3. The van der Waals surface area contributed by atoms with Gasteiger partial charge in [-0.2, -0.15) is 0 Å². The Morgan fingerprint density at radius 1 is 1.42 bits per heavy atom. The third-order valence-corrected chi connectivity index (χ3v) is 2.81. The lowest BCUT2D eigenvalue weighted by Crippen LogP contribution is -2.30. The molecule has 1 atom stereocenters. The first-order valence-electron chi connectivity index (χ1n) is 4.60. The second-order valence-corrected chi connectivity index (χ2v) is 3.87. The molecule has 12 heavy (non-hydrogen) atoms. The summed E-state index contributed by atoms with van der Waals surface area (Å²) >= 11 is 0. The number of fused-ring (bicyclic) bond motifs is 1. The molecule has 0 aliphatic carbocycles. The molecule has 0 amide bonds. The molecule has 0 radical (unpaired) electrons. The van der Waals surface area contributed by atoms with Crippen LogP contribution in [-0.2, 0) is 6.42 Å². The average molecular weight is 161 g/mol. The molecule has 1 heteroatoms. The molecule has 0 aromatic heterocycles. The number of rotatable bonds is 1. The summed E-state index contributed by atoms with van der Waals surface area (Å²) in [5, 5.41) is 3.56. The van der Waals surface area contributed by atoms with Crippen LogP contribution in [0.25, 0.3) is 0 Å². The summed E-state index contributed by atoms with van der Waals surface area (Å²) in [6.07, 6.45) is 2.35. The third kappa shape index (κ3) is 1.09. The molecule has 0 bridgehead atoms. The molecule has 0 spiro atoms. The molecule has 0 fully saturated rings. The number of para-hydroxylation sites is 1. The Balaban J connectivity index is 2.33. The van der Waals surface area contributed by atoms with Crippen molar-refractivity contribution in [3.05, 3.63) is 29.8 Å². The molecular formula is C11H15N. The first-order chi connectivity index (χ1) is 5.73. The topological polar surface area (TPSA) is 12.0 Å². The van der Waals surface area contributed by atoms with Gasteiger partial charge in [-0.25, -0.2) is 0 Å². The van der Waals surface area contributed by atoms with E-state index in [1.807, 2.05) is 0 Å². The summed E-state index contributed by atoms with van der Waals surface area (Å²) in [4.78, 5) is 0. The van der Waals surface area contributed by atoms with Gasteiger partial charge in [-0.15, -0.1) is 0 Å². The van der Waals surface area contributed by atoms with Crippen LogP contribution in [0, 0.1) is 0 Å². The lowest BCUT2D eigenvalue weighted by molar-refractivity contribution is 0.515. The van der Waals surface area contributed by atoms with E-state index in [9.17, 15) is 0 Å². The van der Waals surface area contributed by atoms with Crippen LogP contribution in [0.3, 0.4) is 0 Å². The highest BCUT2D eigenvalue weighted by Gasteiger charge is 2.29. The van der Waals surface area contributed by atoms with Crippen molar-refractivity contribution in [3.8, 4) is 0 Å². The van der Waals surface area contributed by atoms with Gasteiger partial charge in [0.05, 0.1) is 0 Å². The second kappa shape index (κ2) is 2.51. The van der Waals surface area contributed by atoms with Crippen LogP contribution >= 0.6 is 0 Å². The Morgan fingerprint density at radius 3 is 2.83 bits per heavy atom. The summed E-state index contributed by atoms with van der Waals surface area (Å²) in [6, 6.07) is 8.58. The maximum absolute atomic E-state index is 3.56. The first-order valence-corrected chi connectivity index (χ1v) is 4.60. The second-order valence-electron chi connectivity index (χ2n) is 3.87. The highest BCUT2D eigenvalue weighted by atomic mass is 15.0. The monoisotopic (exact) mass is 161 g/mol. The maximum Gasteiger partial charge on any atom is 0.0384 e. The van der Waals surface area contributed by atoms with Crippen molar-refractivity contribution in [2.45, 2.75) is 32.2 Å². The predicted molar refractivity (Wildman–Crippen MR) is 52.5 cm³/mol. The van der Waals surface area contributed by atoms with Gasteiger partial charge in [0, 0.05) is 11.2 Å². The van der Waals surface area contributed by atoms with Gasteiger partial charge in [0.15, 0.2) is 0 Å². The molecular weight excluding hydrogens is 146 g/mol. The number of anilines is 1. The van der Waals surface area contributed by atoms with Gasteiger partial charge in [0.25, 0.3) is 0 Å². The van der Waals surface area contributed by atoms with Gasteiger partial charge < -0.3 is 5.32 Å². The Bertz CT molecular complexity index is 266. The predicted octanol–water partition coefficient (Wildman–Crippen LogP) is 2.82. The van der Waals surface area contributed by atoms with Crippen LogP contribution in [0.1, 0.15) is 25.8 Å². The van der Waals surface area contributed by atoms with Gasteiger partial charge >= 0.3 is 0 Å². The molecule has 1 heterocycles. The zero-order valence-electron chi connectivity index (χ0n) is 7.72. The fraction of sp³-hybridized carbons (Fsp3) is 0.455. The van der Waals surface area contributed by atoms with Crippen LogP contribution in [0.2, 0.25) is 0 Å². The summed E-state index contributed by atoms with van der Waals surface area (Å²) in [5.74, 6) is 0. The minimum atomic E-state index is 0.295. The van der Waals surface area contributed by atoms with E-state index in [0.29, 0.717) is 5.54 Å². The van der Waals surface area contributed by atoms with Crippen molar-refractivity contribution in [1.29, 1.82) is 0 Å². The number of nitrogens with one attached hydrogen (secondary N) is 1. The Kier molecular flexibility index (Phi) is 1.60. The van der Waals surface area contributed by atoms with Crippen LogP contribution in [-0.4, -0.2) is 5.54 Å². The van der Waals surface area contributed by atoms with Crippen LogP contribution in [0.15, 0.2) is 24.3 Å². The van der Waals surface area contributed by atoms with Crippen molar-refractivity contribution in [2.24, 2.45) is 0 Å². The Labute approximate surface area is 73.8 Å². The van der Waals surface area contributed by atoms with Gasteiger partial charge in [-0.3, -0.25) is 0 Å². The average Bonchev–Trinajstić information content (AvgIpc) is 2.42. The molecule has 64 valence electrons. The third-order valence-electron chi connectivity index (χ3n) is 2.81. The molecule has 1 aliphatic rings. The smallest absolute Gasteiger partial charge is 0.0384 e. The van der Waals surface area contributed by atoms with Gasteiger partial charge in [0.1, 0.15) is 0 Å². The van der Waals surface area contributed by atoms with Crippen LogP contribution in [0.4, 0.5) is 5.69 Å². The molecule has 2 rings (SSSR count). The molecule has 1 unspecified atom stereocenters. The first kappa shape index (κ1) is 7.66. The van der Waals surface area contributed by atoms with Gasteiger partial charge in [-0.1, -0.05) is 25.1 Å². The molecule has 0 saturated carbocycles. The molecule has 1 aromatic carbocycles. The van der Waals surface area contributed by atoms with Gasteiger partial charge in [-0.05, 0) is 31.4 Å². The molecule has 1 nitrogen and oxygen atoms in total. The highest BCUT2D eigenvalue weighted by molar-refractivity contribution is 5.58. The van der Waals surface area contributed by atoms with Crippen molar-refractivity contribution < 1.29 is 0 Å². The number of benzene rings is 1. The Morgan fingerprint density at radius 2 is 2.17 bits per heavy atom.